The van der Waals surface area contributed by atoms with E-state index in [1.54, 1.807) is 45.0 Å². The minimum Gasteiger partial charge on any atom is -0.456 e. The van der Waals surface area contributed by atoms with E-state index in [0.29, 0.717) is 16.7 Å². The Morgan fingerprint density at radius 2 is 1.73 bits per heavy atom. The first-order valence-electron chi connectivity index (χ1n) is 11.4. The summed E-state index contributed by atoms with van der Waals surface area (Å²) in [6, 6.07) is 18.9. The molecule has 0 aliphatic rings. The van der Waals surface area contributed by atoms with Gasteiger partial charge in [0.15, 0.2) is 11.3 Å². The van der Waals surface area contributed by atoms with Crippen LogP contribution < -0.4 is 10.6 Å². The number of aromatic nitrogens is 1. The third-order valence-electron chi connectivity index (χ3n) is 5.25. The molecule has 2 amide bonds. The molecule has 0 bridgehead atoms. The molecular formula is C28H24N4O5. The monoisotopic (exact) mass is 496 g/mol. The predicted octanol–water partition coefficient (Wildman–Crippen LogP) is 5.53. The van der Waals surface area contributed by atoms with Crippen LogP contribution in [0.15, 0.2) is 65.2 Å². The molecule has 0 aliphatic carbocycles. The number of ether oxygens (including phenoxy) is 1. The minimum absolute atomic E-state index is 0.0243. The van der Waals surface area contributed by atoms with Crippen LogP contribution in [0.25, 0.3) is 22.1 Å². The SMILES string of the molecule is CC(=O)Nc1ccccc1-c1ccc2c(C(=O)Nc3ccc(C#N)cc3C(=O)OC(C)(C)C)noc2c1. The smallest absolute Gasteiger partial charge is 0.340 e. The number of rotatable bonds is 5. The van der Waals surface area contributed by atoms with Crippen LogP contribution in [0.4, 0.5) is 11.4 Å². The summed E-state index contributed by atoms with van der Waals surface area (Å²) in [4.78, 5) is 37.5. The molecule has 0 atom stereocenters. The van der Waals surface area contributed by atoms with Crippen molar-refractivity contribution in [1.82, 2.24) is 5.16 Å². The molecule has 4 aromatic rings. The van der Waals surface area contributed by atoms with Crippen molar-refractivity contribution in [3.63, 3.8) is 0 Å². The molecule has 37 heavy (non-hydrogen) atoms. The Balaban J connectivity index is 1.65. The lowest BCUT2D eigenvalue weighted by atomic mass is 10.0. The van der Waals surface area contributed by atoms with Crippen LogP contribution in [0.3, 0.4) is 0 Å². The van der Waals surface area contributed by atoms with E-state index in [4.69, 9.17) is 9.26 Å². The highest BCUT2D eigenvalue weighted by atomic mass is 16.6. The molecule has 0 saturated heterocycles. The number of esters is 1. The third-order valence-corrected chi connectivity index (χ3v) is 5.25. The van der Waals surface area contributed by atoms with Gasteiger partial charge in [-0.05, 0) is 62.7 Å². The van der Waals surface area contributed by atoms with Crippen molar-refractivity contribution in [2.45, 2.75) is 33.3 Å². The molecule has 0 saturated carbocycles. The molecule has 186 valence electrons. The number of nitriles is 1. The van der Waals surface area contributed by atoms with Crippen LogP contribution in [0.1, 0.15) is 54.1 Å². The minimum atomic E-state index is -0.764. The van der Waals surface area contributed by atoms with Gasteiger partial charge >= 0.3 is 5.97 Å². The van der Waals surface area contributed by atoms with E-state index in [2.05, 4.69) is 15.8 Å². The maximum atomic E-state index is 13.1. The normalized spacial score (nSPS) is 11.0. The van der Waals surface area contributed by atoms with Crippen molar-refractivity contribution < 1.29 is 23.6 Å². The quantitative estimate of drug-likeness (QED) is 0.347. The second kappa shape index (κ2) is 9.95. The average molecular weight is 497 g/mol. The summed E-state index contributed by atoms with van der Waals surface area (Å²) < 4.78 is 10.9. The van der Waals surface area contributed by atoms with Gasteiger partial charge in [-0.25, -0.2) is 4.79 Å². The highest BCUT2D eigenvalue weighted by molar-refractivity contribution is 6.13. The Bertz CT molecular complexity index is 1570. The van der Waals surface area contributed by atoms with Gasteiger partial charge in [0.2, 0.25) is 5.91 Å². The lowest BCUT2D eigenvalue weighted by molar-refractivity contribution is -0.114. The summed E-state index contributed by atoms with van der Waals surface area (Å²) in [5, 5.41) is 19.1. The standard InChI is InChI=1S/C28H24N4O5/c1-16(33)30-22-8-6-5-7-19(22)18-10-11-20-24(14-18)37-32-25(20)26(34)31-23-12-9-17(15-29)13-21(23)27(35)36-28(2,3)4/h5-14H,1-4H3,(H,30,33)(H,31,34). The average Bonchev–Trinajstić information content (AvgIpc) is 3.26. The van der Waals surface area contributed by atoms with Gasteiger partial charge in [-0.2, -0.15) is 5.26 Å². The topological polar surface area (TPSA) is 134 Å². The fourth-order valence-electron chi connectivity index (χ4n) is 3.71. The van der Waals surface area contributed by atoms with Gasteiger partial charge in [0.25, 0.3) is 5.91 Å². The number of hydrogen-bond donors (Lipinski definition) is 2. The van der Waals surface area contributed by atoms with E-state index in [1.807, 2.05) is 24.3 Å². The first-order chi connectivity index (χ1) is 17.6. The zero-order chi connectivity index (χ0) is 26.7. The molecule has 0 unspecified atom stereocenters. The summed E-state index contributed by atoms with van der Waals surface area (Å²) in [5.74, 6) is -1.47. The number of nitrogens with one attached hydrogen (secondary N) is 2. The molecule has 9 nitrogen and oxygen atoms in total. The van der Waals surface area contributed by atoms with E-state index in [1.165, 1.54) is 25.1 Å². The maximum Gasteiger partial charge on any atom is 0.340 e. The van der Waals surface area contributed by atoms with Gasteiger partial charge in [-0.15, -0.1) is 0 Å². The Morgan fingerprint density at radius 1 is 0.973 bits per heavy atom. The number of nitrogens with zero attached hydrogens (tertiary/aromatic N) is 2. The molecule has 9 heteroatoms. The van der Waals surface area contributed by atoms with Crippen LogP contribution in [-0.2, 0) is 9.53 Å². The summed E-state index contributed by atoms with van der Waals surface area (Å²) in [6.07, 6.45) is 0. The number of benzene rings is 3. The molecule has 3 aromatic carbocycles. The van der Waals surface area contributed by atoms with Crippen molar-refractivity contribution in [3.8, 4) is 17.2 Å². The number of amides is 2. The van der Waals surface area contributed by atoms with Crippen molar-refractivity contribution in [2.75, 3.05) is 10.6 Å². The van der Waals surface area contributed by atoms with E-state index in [-0.39, 0.29) is 28.4 Å². The van der Waals surface area contributed by atoms with Crippen LogP contribution in [0.2, 0.25) is 0 Å². The fourth-order valence-corrected chi connectivity index (χ4v) is 3.71. The zero-order valence-electron chi connectivity index (χ0n) is 20.7. The van der Waals surface area contributed by atoms with Crippen LogP contribution in [0, 0.1) is 11.3 Å². The van der Waals surface area contributed by atoms with Crippen molar-refractivity contribution in [2.24, 2.45) is 0 Å². The molecule has 0 spiro atoms. The summed E-state index contributed by atoms with van der Waals surface area (Å²) >= 11 is 0. The second-order valence-corrected chi connectivity index (χ2v) is 9.30. The second-order valence-electron chi connectivity index (χ2n) is 9.30. The van der Waals surface area contributed by atoms with Gasteiger partial charge in [-0.1, -0.05) is 29.4 Å². The zero-order valence-corrected chi connectivity index (χ0v) is 20.7. The Morgan fingerprint density at radius 3 is 2.43 bits per heavy atom. The highest BCUT2D eigenvalue weighted by Gasteiger charge is 2.24. The Kier molecular flexibility index (Phi) is 6.76. The number of carbonyl (C=O) groups is 3. The van der Waals surface area contributed by atoms with Crippen molar-refractivity contribution in [3.05, 3.63) is 77.5 Å². The van der Waals surface area contributed by atoms with Crippen LogP contribution in [0.5, 0.6) is 0 Å². The van der Waals surface area contributed by atoms with E-state index in [0.717, 1.165) is 11.1 Å². The largest absolute Gasteiger partial charge is 0.456 e. The molecule has 0 aliphatic heterocycles. The first kappa shape index (κ1) is 25.1. The summed E-state index contributed by atoms with van der Waals surface area (Å²) in [7, 11) is 0. The maximum absolute atomic E-state index is 13.1. The lowest BCUT2D eigenvalue weighted by Gasteiger charge is -2.20. The molecular weight excluding hydrogens is 472 g/mol. The summed E-state index contributed by atoms with van der Waals surface area (Å²) in [5.41, 5.74) is 2.28. The number of anilines is 2. The molecule has 0 radical (unpaired) electrons. The van der Waals surface area contributed by atoms with Gasteiger partial charge in [-0.3, -0.25) is 9.59 Å². The van der Waals surface area contributed by atoms with Crippen LogP contribution in [-0.4, -0.2) is 28.5 Å². The number of carbonyl (C=O) groups excluding carboxylic acids is 3. The van der Waals surface area contributed by atoms with Gasteiger partial charge < -0.3 is 19.9 Å². The summed E-state index contributed by atoms with van der Waals surface area (Å²) in [6.45, 7) is 6.61. The van der Waals surface area contributed by atoms with Crippen molar-refractivity contribution >= 4 is 40.1 Å². The fraction of sp³-hybridized carbons (Fsp3) is 0.179. The highest BCUT2D eigenvalue weighted by Crippen LogP contribution is 2.32. The molecule has 1 aromatic heterocycles. The third kappa shape index (κ3) is 5.65. The van der Waals surface area contributed by atoms with Gasteiger partial charge in [0.05, 0.1) is 28.3 Å². The van der Waals surface area contributed by atoms with E-state index in [9.17, 15) is 19.6 Å². The molecule has 2 N–H and O–H groups in total. The van der Waals surface area contributed by atoms with Gasteiger partial charge in [0.1, 0.15) is 5.60 Å². The predicted molar refractivity (Wildman–Crippen MR) is 138 cm³/mol. The first-order valence-corrected chi connectivity index (χ1v) is 11.4. The van der Waals surface area contributed by atoms with E-state index >= 15 is 0 Å². The van der Waals surface area contributed by atoms with Gasteiger partial charge in [0, 0.05) is 18.2 Å². The van der Waals surface area contributed by atoms with E-state index < -0.39 is 17.5 Å². The van der Waals surface area contributed by atoms with Crippen molar-refractivity contribution in [1.29, 1.82) is 5.26 Å². The number of fused-ring (bicyclic) bond motifs is 1. The number of para-hydroxylation sites is 1. The molecule has 4 rings (SSSR count). The van der Waals surface area contributed by atoms with Crippen LogP contribution >= 0.6 is 0 Å². The molecule has 1 heterocycles. The molecule has 0 fully saturated rings. The Hall–Kier alpha value is -4.97. The lowest BCUT2D eigenvalue weighted by Crippen LogP contribution is -2.25. The number of hydrogen-bond acceptors (Lipinski definition) is 7. The Labute approximate surface area is 213 Å².